The fourth-order valence-electron chi connectivity index (χ4n) is 0.592. The number of hydrogen-bond acceptors (Lipinski definition) is 8. The van der Waals surface area contributed by atoms with E-state index in [4.69, 9.17) is 35.7 Å². The summed E-state index contributed by atoms with van der Waals surface area (Å²) in [5.41, 5.74) is -1.96. The summed E-state index contributed by atoms with van der Waals surface area (Å²) in [4.78, 5) is 20.2. The van der Waals surface area contributed by atoms with Crippen LogP contribution < -0.4 is 0 Å². The molecule has 10 heteroatoms. The first-order chi connectivity index (χ1) is 10.2. The lowest BCUT2D eigenvalue weighted by atomic mass is 10.0. The number of rotatable bonds is 7. The van der Waals surface area contributed by atoms with Crippen molar-refractivity contribution in [3.05, 3.63) is 24.3 Å². The highest BCUT2D eigenvalue weighted by atomic mass is 16.4. The summed E-state index contributed by atoms with van der Waals surface area (Å²) in [6, 6.07) is 0. The molecule has 0 aromatic carbocycles. The van der Waals surface area contributed by atoms with Gasteiger partial charge in [0.1, 0.15) is 5.60 Å². The van der Waals surface area contributed by atoms with Gasteiger partial charge >= 0.3 is 11.9 Å². The van der Waals surface area contributed by atoms with Crippen LogP contribution in [-0.4, -0.2) is 91.4 Å². The number of carboxylic acids is 2. The lowest BCUT2D eigenvalue weighted by molar-refractivity contribution is -0.132. The zero-order chi connectivity index (χ0) is 18.0. The molecule has 0 spiro atoms. The van der Waals surface area contributed by atoms with Gasteiger partial charge in [-0.25, -0.2) is 9.59 Å². The highest BCUT2D eigenvalue weighted by Gasteiger charge is 2.18. The molecule has 130 valence electrons. The SMILES string of the molecule is O=C(O)C=CC(O)(C=CC(=O)O)CO.OCCO.OCCO. The Morgan fingerprint density at radius 3 is 1.14 bits per heavy atom. The second-order valence-corrected chi connectivity index (χ2v) is 3.39. The molecule has 0 bridgehead atoms. The Labute approximate surface area is 126 Å². The Bertz CT molecular complexity index is 305. The summed E-state index contributed by atoms with van der Waals surface area (Å²) >= 11 is 0. The van der Waals surface area contributed by atoms with Gasteiger partial charge < -0.3 is 40.9 Å². The Balaban J connectivity index is -0.000000372. The largest absolute Gasteiger partial charge is 0.478 e. The minimum absolute atomic E-state index is 0.125. The van der Waals surface area contributed by atoms with E-state index >= 15 is 0 Å². The van der Waals surface area contributed by atoms with Gasteiger partial charge in [-0.2, -0.15) is 0 Å². The maximum atomic E-state index is 10.1. The third-order valence-electron chi connectivity index (χ3n) is 1.48. The van der Waals surface area contributed by atoms with Crippen molar-refractivity contribution >= 4 is 11.9 Å². The second-order valence-electron chi connectivity index (χ2n) is 3.39. The molecule has 0 rings (SSSR count). The van der Waals surface area contributed by atoms with E-state index in [2.05, 4.69) is 0 Å². The predicted octanol–water partition coefficient (Wildman–Crippen LogP) is -3.07. The molecule has 0 unspecified atom stereocenters. The van der Waals surface area contributed by atoms with Gasteiger partial charge in [-0.3, -0.25) is 0 Å². The fourth-order valence-corrected chi connectivity index (χ4v) is 0.592. The van der Waals surface area contributed by atoms with Crippen LogP contribution in [0.5, 0.6) is 0 Å². The van der Waals surface area contributed by atoms with Crippen molar-refractivity contribution in [3.63, 3.8) is 0 Å². The average molecular weight is 326 g/mol. The molecule has 0 radical (unpaired) electrons. The highest BCUT2D eigenvalue weighted by Crippen LogP contribution is 2.07. The fraction of sp³-hybridized carbons (Fsp3) is 0.500. The van der Waals surface area contributed by atoms with Crippen LogP contribution in [0.1, 0.15) is 0 Å². The van der Waals surface area contributed by atoms with Gasteiger partial charge in [0.15, 0.2) is 0 Å². The monoisotopic (exact) mass is 326 g/mol. The molecule has 0 aromatic rings. The normalized spacial score (nSPS) is 12.8. The molecule has 0 aromatic heterocycles. The molecule has 0 aliphatic carbocycles. The third kappa shape index (κ3) is 23.3. The van der Waals surface area contributed by atoms with E-state index < -0.39 is 24.1 Å². The first kappa shape index (κ1) is 25.2. The van der Waals surface area contributed by atoms with Crippen LogP contribution in [0.4, 0.5) is 0 Å². The van der Waals surface area contributed by atoms with Crippen molar-refractivity contribution in [1.82, 2.24) is 0 Å². The zero-order valence-corrected chi connectivity index (χ0v) is 11.7. The van der Waals surface area contributed by atoms with Gasteiger partial charge in [-0.05, 0) is 12.2 Å². The van der Waals surface area contributed by atoms with Crippen molar-refractivity contribution < 1.29 is 50.4 Å². The summed E-state index contributed by atoms with van der Waals surface area (Å²) in [5.74, 6) is -2.61. The van der Waals surface area contributed by atoms with E-state index in [0.29, 0.717) is 12.2 Å². The molecule has 0 heterocycles. The molecule has 0 aliphatic heterocycles. The smallest absolute Gasteiger partial charge is 0.328 e. The minimum Gasteiger partial charge on any atom is -0.478 e. The van der Waals surface area contributed by atoms with Gasteiger partial charge in [0, 0.05) is 12.2 Å². The van der Waals surface area contributed by atoms with Gasteiger partial charge in [0.2, 0.25) is 0 Å². The number of carboxylic acid groups (broad SMARTS) is 2. The molecule has 0 saturated heterocycles. The molecule has 0 amide bonds. The van der Waals surface area contributed by atoms with E-state index in [1.807, 2.05) is 0 Å². The van der Waals surface area contributed by atoms with Crippen LogP contribution in [0.15, 0.2) is 24.3 Å². The molecular weight excluding hydrogens is 304 g/mol. The quantitative estimate of drug-likeness (QED) is 0.222. The maximum absolute atomic E-state index is 10.1. The van der Waals surface area contributed by atoms with Crippen molar-refractivity contribution in [3.8, 4) is 0 Å². The molecule has 0 fully saturated rings. The van der Waals surface area contributed by atoms with Gasteiger partial charge in [0.05, 0.1) is 33.0 Å². The van der Waals surface area contributed by atoms with Crippen LogP contribution in [0.25, 0.3) is 0 Å². The lowest BCUT2D eigenvalue weighted by Gasteiger charge is -2.15. The summed E-state index contributed by atoms with van der Waals surface area (Å²) < 4.78 is 0. The molecular formula is C12H22O10. The number of aliphatic hydroxyl groups is 6. The van der Waals surface area contributed by atoms with E-state index in [9.17, 15) is 14.7 Å². The van der Waals surface area contributed by atoms with Crippen molar-refractivity contribution in [1.29, 1.82) is 0 Å². The molecule has 0 atom stereocenters. The number of aliphatic carboxylic acids is 2. The van der Waals surface area contributed by atoms with Gasteiger partial charge in [-0.15, -0.1) is 0 Å². The van der Waals surface area contributed by atoms with Crippen molar-refractivity contribution in [2.24, 2.45) is 0 Å². The molecule has 22 heavy (non-hydrogen) atoms. The first-order valence-corrected chi connectivity index (χ1v) is 5.84. The minimum atomic E-state index is -1.96. The van der Waals surface area contributed by atoms with E-state index in [0.717, 1.165) is 12.2 Å². The number of aliphatic hydroxyl groups excluding tert-OH is 5. The van der Waals surface area contributed by atoms with Crippen LogP contribution in [0, 0.1) is 0 Å². The Kier molecular flexibility index (Phi) is 19.7. The summed E-state index contributed by atoms with van der Waals surface area (Å²) in [5, 5.41) is 65.0. The second kappa shape index (κ2) is 17.2. The molecule has 0 aliphatic rings. The Morgan fingerprint density at radius 2 is 1.00 bits per heavy atom. The summed E-state index contributed by atoms with van der Waals surface area (Å²) in [7, 11) is 0. The van der Waals surface area contributed by atoms with Crippen LogP contribution in [0.2, 0.25) is 0 Å². The Morgan fingerprint density at radius 1 is 0.727 bits per heavy atom. The lowest BCUT2D eigenvalue weighted by Crippen LogP contribution is -2.28. The number of carbonyl (C=O) groups is 2. The molecule has 0 saturated carbocycles. The summed E-state index contributed by atoms with van der Waals surface area (Å²) in [6.45, 7) is -1.31. The van der Waals surface area contributed by atoms with Crippen LogP contribution in [0.3, 0.4) is 0 Å². The van der Waals surface area contributed by atoms with Crippen LogP contribution in [-0.2, 0) is 9.59 Å². The zero-order valence-electron chi connectivity index (χ0n) is 11.7. The third-order valence-corrected chi connectivity index (χ3v) is 1.48. The van der Waals surface area contributed by atoms with Crippen molar-refractivity contribution in [2.75, 3.05) is 33.0 Å². The van der Waals surface area contributed by atoms with E-state index in [1.165, 1.54) is 0 Å². The Hall–Kier alpha value is -1.82. The first-order valence-electron chi connectivity index (χ1n) is 5.84. The van der Waals surface area contributed by atoms with E-state index in [1.54, 1.807) is 0 Å². The van der Waals surface area contributed by atoms with Crippen LogP contribution >= 0.6 is 0 Å². The summed E-state index contributed by atoms with van der Waals surface area (Å²) in [6.07, 6.45) is 2.80. The maximum Gasteiger partial charge on any atom is 0.328 e. The molecule has 10 nitrogen and oxygen atoms in total. The van der Waals surface area contributed by atoms with Gasteiger partial charge in [-0.1, -0.05) is 0 Å². The van der Waals surface area contributed by atoms with Crippen molar-refractivity contribution in [2.45, 2.75) is 5.60 Å². The number of hydrogen-bond donors (Lipinski definition) is 8. The van der Waals surface area contributed by atoms with E-state index in [-0.39, 0.29) is 26.4 Å². The topological polar surface area (TPSA) is 196 Å². The average Bonchev–Trinajstić information content (AvgIpc) is 2.51. The standard InChI is InChI=1S/C8H10O6.2C2H6O2/c9-5-8(14,3-1-6(10)11)4-2-7(12)13;2*3-1-2-4/h1-4,9,14H,5H2,(H,10,11)(H,12,13);2*3-4H,1-2H2. The molecule has 8 N–H and O–H groups in total. The highest BCUT2D eigenvalue weighted by molar-refractivity contribution is 5.81. The predicted molar refractivity (Wildman–Crippen MR) is 73.9 cm³/mol. The van der Waals surface area contributed by atoms with Gasteiger partial charge in [0.25, 0.3) is 0 Å².